The van der Waals surface area contributed by atoms with Crippen LogP contribution in [0.15, 0.2) is 48.5 Å². The minimum absolute atomic E-state index is 0.0314. The number of hydrogen-bond donors (Lipinski definition) is 2. The van der Waals surface area contributed by atoms with Crippen molar-refractivity contribution in [2.75, 3.05) is 26.4 Å². The third-order valence-electron chi connectivity index (χ3n) is 3.37. The van der Waals surface area contributed by atoms with Crippen molar-refractivity contribution < 1.29 is 4.79 Å². The van der Waals surface area contributed by atoms with Crippen molar-refractivity contribution in [1.29, 1.82) is 0 Å². The zero-order chi connectivity index (χ0) is 15.9. The number of benzene rings is 2. The molecule has 0 aliphatic rings. The molecule has 2 rings (SSSR count). The van der Waals surface area contributed by atoms with Gasteiger partial charge >= 0.3 is 0 Å². The highest BCUT2D eigenvalue weighted by atomic mass is 16.1. The molecule has 0 spiro atoms. The Bertz CT molecular complexity index is 620. The van der Waals surface area contributed by atoms with Gasteiger partial charge in [-0.1, -0.05) is 24.3 Å². The molecule has 3 N–H and O–H groups in total. The van der Waals surface area contributed by atoms with E-state index in [1.54, 1.807) is 0 Å². The first kappa shape index (κ1) is 16.0. The zero-order valence-electron chi connectivity index (χ0n) is 13.2. The lowest BCUT2D eigenvalue weighted by molar-refractivity contribution is 0.0954. The van der Waals surface area contributed by atoms with Crippen LogP contribution in [0.25, 0.3) is 0 Å². The predicted molar refractivity (Wildman–Crippen MR) is 90.7 cm³/mol. The molecule has 0 saturated heterocycles. The van der Waals surface area contributed by atoms with Gasteiger partial charge in [0.2, 0.25) is 0 Å². The summed E-state index contributed by atoms with van der Waals surface area (Å²) in [5.74, 6) is -0.0314. The first-order valence-electron chi connectivity index (χ1n) is 7.41. The summed E-state index contributed by atoms with van der Waals surface area (Å²) in [5, 5.41) is 2.96. The number of carbonyl (C=O) groups is 1. The zero-order valence-corrected chi connectivity index (χ0v) is 13.2. The molecule has 0 fully saturated rings. The second-order valence-corrected chi connectivity index (χ2v) is 5.69. The van der Waals surface area contributed by atoms with Crippen LogP contribution in [0.2, 0.25) is 0 Å². The third kappa shape index (κ3) is 4.90. The van der Waals surface area contributed by atoms with Crippen LogP contribution in [0.4, 0.5) is 5.69 Å². The molecule has 0 aromatic heterocycles. The van der Waals surface area contributed by atoms with Crippen molar-refractivity contribution in [2.24, 2.45) is 0 Å². The molecule has 0 heterocycles. The topological polar surface area (TPSA) is 58.4 Å². The van der Waals surface area contributed by atoms with E-state index in [0.29, 0.717) is 12.1 Å². The van der Waals surface area contributed by atoms with Crippen LogP contribution in [-0.4, -0.2) is 31.4 Å². The average molecular weight is 297 g/mol. The van der Waals surface area contributed by atoms with E-state index in [1.165, 1.54) is 0 Å². The molecular formula is C18H23N3O. The van der Waals surface area contributed by atoms with Gasteiger partial charge in [-0.2, -0.15) is 0 Å². The Morgan fingerprint density at radius 1 is 1.09 bits per heavy atom. The standard InChI is InChI=1S/C18H23N3O/c1-21(2)13-15-4-3-5-16(12-15)18(22)20-11-10-14-6-8-17(19)9-7-14/h3-9,12H,10-11,13,19H2,1-2H3,(H,20,22). The Labute approximate surface area is 131 Å². The Hall–Kier alpha value is -2.33. The van der Waals surface area contributed by atoms with Crippen LogP contribution in [-0.2, 0) is 13.0 Å². The number of hydrogen-bond acceptors (Lipinski definition) is 3. The van der Waals surface area contributed by atoms with E-state index in [-0.39, 0.29) is 5.91 Å². The number of nitrogens with one attached hydrogen (secondary N) is 1. The summed E-state index contributed by atoms with van der Waals surface area (Å²) in [4.78, 5) is 14.3. The highest BCUT2D eigenvalue weighted by molar-refractivity contribution is 5.94. The maximum atomic E-state index is 12.2. The van der Waals surface area contributed by atoms with Crippen LogP contribution >= 0.6 is 0 Å². The minimum atomic E-state index is -0.0314. The van der Waals surface area contributed by atoms with Crippen LogP contribution in [0.5, 0.6) is 0 Å². The van der Waals surface area contributed by atoms with Gasteiger partial charge in [0.1, 0.15) is 0 Å². The Morgan fingerprint density at radius 3 is 2.50 bits per heavy atom. The third-order valence-corrected chi connectivity index (χ3v) is 3.37. The molecule has 2 aromatic carbocycles. The van der Waals surface area contributed by atoms with Gasteiger partial charge in [-0.3, -0.25) is 4.79 Å². The first-order valence-corrected chi connectivity index (χ1v) is 7.41. The van der Waals surface area contributed by atoms with E-state index in [4.69, 9.17) is 5.73 Å². The molecule has 0 atom stereocenters. The van der Waals surface area contributed by atoms with E-state index >= 15 is 0 Å². The normalized spacial score (nSPS) is 10.7. The fourth-order valence-electron chi connectivity index (χ4n) is 2.28. The Kier molecular flexibility index (Phi) is 5.55. The lowest BCUT2D eigenvalue weighted by Gasteiger charge is -2.11. The maximum Gasteiger partial charge on any atom is 0.251 e. The summed E-state index contributed by atoms with van der Waals surface area (Å²) < 4.78 is 0. The summed E-state index contributed by atoms with van der Waals surface area (Å²) in [6.07, 6.45) is 0.795. The van der Waals surface area contributed by atoms with Gasteiger partial charge in [-0.15, -0.1) is 0 Å². The van der Waals surface area contributed by atoms with E-state index in [1.807, 2.05) is 62.6 Å². The Balaban J connectivity index is 1.88. The van der Waals surface area contributed by atoms with Crippen LogP contribution in [0, 0.1) is 0 Å². The van der Waals surface area contributed by atoms with E-state index < -0.39 is 0 Å². The molecule has 0 aliphatic carbocycles. The number of rotatable bonds is 6. The summed E-state index contributed by atoms with van der Waals surface area (Å²) in [6.45, 7) is 1.44. The molecule has 0 aliphatic heterocycles. The SMILES string of the molecule is CN(C)Cc1cccc(C(=O)NCCc2ccc(N)cc2)c1. The van der Waals surface area contributed by atoms with Crippen molar-refractivity contribution >= 4 is 11.6 Å². The van der Waals surface area contributed by atoms with Gasteiger partial charge in [0, 0.05) is 24.3 Å². The second kappa shape index (κ2) is 7.61. The second-order valence-electron chi connectivity index (χ2n) is 5.69. The van der Waals surface area contributed by atoms with Gasteiger partial charge < -0.3 is 16.0 Å². The van der Waals surface area contributed by atoms with Crippen LogP contribution in [0.3, 0.4) is 0 Å². The fourth-order valence-corrected chi connectivity index (χ4v) is 2.28. The van der Waals surface area contributed by atoms with Gasteiger partial charge in [-0.05, 0) is 55.9 Å². The highest BCUT2D eigenvalue weighted by Gasteiger charge is 2.06. The number of nitrogen functional groups attached to an aromatic ring is 1. The highest BCUT2D eigenvalue weighted by Crippen LogP contribution is 2.08. The molecule has 4 nitrogen and oxygen atoms in total. The summed E-state index contributed by atoms with van der Waals surface area (Å²) in [7, 11) is 4.03. The summed E-state index contributed by atoms with van der Waals surface area (Å²) in [5.41, 5.74) is 9.41. The number of carbonyl (C=O) groups excluding carboxylic acids is 1. The number of nitrogens with zero attached hydrogens (tertiary/aromatic N) is 1. The molecule has 0 bridgehead atoms. The quantitative estimate of drug-likeness (QED) is 0.804. The Morgan fingerprint density at radius 2 is 1.82 bits per heavy atom. The monoisotopic (exact) mass is 297 g/mol. The number of anilines is 1. The lowest BCUT2D eigenvalue weighted by atomic mass is 10.1. The van der Waals surface area contributed by atoms with E-state index in [0.717, 1.165) is 29.8 Å². The van der Waals surface area contributed by atoms with Crippen LogP contribution in [0.1, 0.15) is 21.5 Å². The number of amides is 1. The molecule has 4 heteroatoms. The van der Waals surface area contributed by atoms with Gasteiger partial charge in [0.25, 0.3) is 5.91 Å². The fraction of sp³-hybridized carbons (Fsp3) is 0.278. The minimum Gasteiger partial charge on any atom is -0.399 e. The van der Waals surface area contributed by atoms with Crippen molar-refractivity contribution in [3.05, 3.63) is 65.2 Å². The molecule has 0 unspecified atom stereocenters. The lowest BCUT2D eigenvalue weighted by Crippen LogP contribution is -2.25. The largest absolute Gasteiger partial charge is 0.399 e. The molecule has 116 valence electrons. The molecule has 1 amide bonds. The van der Waals surface area contributed by atoms with Crippen molar-refractivity contribution in [3.63, 3.8) is 0 Å². The van der Waals surface area contributed by atoms with Gasteiger partial charge in [0.05, 0.1) is 0 Å². The summed E-state index contributed by atoms with van der Waals surface area (Å²) in [6, 6.07) is 15.5. The van der Waals surface area contributed by atoms with Gasteiger partial charge in [-0.25, -0.2) is 0 Å². The van der Waals surface area contributed by atoms with Crippen molar-refractivity contribution in [2.45, 2.75) is 13.0 Å². The molecule has 0 radical (unpaired) electrons. The van der Waals surface area contributed by atoms with E-state index in [9.17, 15) is 4.79 Å². The molecule has 2 aromatic rings. The molecule has 22 heavy (non-hydrogen) atoms. The molecule has 0 saturated carbocycles. The first-order chi connectivity index (χ1) is 10.5. The molecular weight excluding hydrogens is 274 g/mol. The smallest absolute Gasteiger partial charge is 0.251 e. The number of nitrogens with two attached hydrogens (primary N) is 1. The summed E-state index contributed by atoms with van der Waals surface area (Å²) >= 11 is 0. The van der Waals surface area contributed by atoms with Crippen molar-refractivity contribution in [3.8, 4) is 0 Å². The van der Waals surface area contributed by atoms with Crippen LogP contribution < -0.4 is 11.1 Å². The van der Waals surface area contributed by atoms with Crippen molar-refractivity contribution in [1.82, 2.24) is 10.2 Å². The predicted octanol–water partition coefficient (Wildman–Crippen LogP) is 2.30. The average Bonchev–Trinajstić information content (AvgIpc) is 2.49. The van der Waals surface area contributed by atoms with E-state index in [2.05, 4.69) is 10.2 Å². The maximum absolute atomic E-state index is 12.2. The van der Waals surface area contributed by atoms with Gasteiger partial charge in [0.15, 0.2) is 0 Å².